The molecule has 0 unspecified atom stereocenters. The Morgan fingerprint density at radius 2 is 1.88 bits per heavy atom. The average Bonchev–Trinajstić information content (AvgIpc) is 2.54. The van der Waals surface area contributed by atoms with Crippen molar-refractivity contribution in [2.75, 3.05) is 7.11 Å². The number of nitro groups is 1. The third-order valence-corrected chi connectivity index (χ3v) is 3.62. The molecule has 7 heteroatoms. The molecule has 0 saturated heterocycles. The summed E-state index contributed by atoms with van der Waals surface area (Å²) in [4.78, 5) is 34.0. The van der Waals surface area contributed by atoms with Gasteiger partial charge in [-0.15, -0.1) is 0 Å². The number of carbonyl (C=O) groups is 2. The standard InChI is InChI=1S/C18H17NO6/c1-11-8-15(5-6-16(11)19(22)23)25-18(21)10-14-9-13(12(2)20)4-7-17(14)24-3/h4-9H,10H2,1-3H3. The van der Waals surface area contributed by atoms with Crippen molar-refractivity contribution in [2.24, 2.45) is 0 Å². The van der Waals surface area contributed by atoms with Gasteiger partial charge in [0.25, 0.3) is 5.69 Å². The van der Waals surface area contributed by atoms with Gasteiger partial charge in [0.05, 0.1) is 18.5 Å². The van der Waals surface area contributed by atoms with E-state index in [2.05, 4.69) is 0 Å². The lowest BCUT2D eigenvalue weighted by Crippen LogP contribution is -2.12. The van der Waals surface area contributed by atoms with Gasteiger partial charge < -0.3 is 9.47 Å². The Balaban J connectivity index is 2.17. The molecule has 0 aliphatic rings. The van der Waals surface area contributed by atoms with Crippen LogP contribution < -0.4 is 9.47 Å². The van der Waals surface area contributed by atoms with Crippen LogP contribution in [0.3, 0.4) is 0 Å². The molecule has 0 amide bonds. The summed E-state index contributed by atoms with van der Waals surface area (Å²) in [7, 11) is 1.47. The van der Waals surface area contributed by atoms with E-state index in [4.69, 9.17) is 9.47 Å². The second-order valence-electron chi connectivity index (χ2n) is 5.44. The molecule has 0 saturated carbocycles. The Morgan fingerprint density at radius 3 is 2.44 bits per heavy atom. The van der Waals surface area contributed by atoms with Gasteiger partial charge in [0.2, 0.25) is 0 Å². The van der Waals surface area contributed by atoms with Crippen molar-refractivity contribution < 1.29 is 24.0 Å². The van der Waals surface area contributed by atoms with Gasteiger partial charge in [-0.3, -0.25) is 19.7 Å². The predicted octanol–water partition coefficient (Wildman–Crippen LogP) is 3.26. The molecule has 0 aliphatic heterocycles. The number of benzene rings is 2. The summed E-state index contributed by atoms with van der Waals surface area (Å²) in [5.41, 5.74) is 1.34. The number of methoxy groups -OCH3 is 1. The third kappa shape index (κ3) is 4.41. The van der Waals surface area contributed by atoms with Crippen molar-refractivity contribution in [1.29, 1.82) is 0 Å². The first-order valence-electron chi connectivity index (χ1n) is 7.45. The monoisotopic (exact) mass is 343 g/mol. The molecular weight excluding hydrogens is 326 g/mol. The van der Waals surface area contributed by atoms with E-state index in [0.717, 1.165) is 0 Å². The summed E-state index contributed by atoms with van der Waals surface area (Å²) in [6, 6.07) is 8.91. The summed E-state index contributed by atoms with van der Waals surface area (Å²) < 4.78 is 10.4. The van der Waals surface area contributed by atoms with Gasteiger partial charge in [0.1, 0.15) is 11.5 Å². The fourth-order valence-corrected chi connectivity index (χ4v) is 2.36. The summed E-state index contributed by atoms with van der Waals surface area (Å²) in [5, 5.41) is 10.8. The van der Waals surface area contributed by atoms with Crippen LogP contribution in [0.15, 0.2) is 36.4 Å². The van der Waals surface area contributed by atoms with Crippen LogP contribution >= 0.6 is 0 Å². The van der Waals surface area contributed by atoms with E-state index in [0.29, 0.717) is 22.4 Å². The summed E-state index contributed by atoms with van der Waals surface area (Å²) in [5.74, 6) is 0.00661. The minimum Gasteiger partial charge on any atom is -0.496 e. The molecule has 0 radical (unpaired) electrons. The number of carbonyl (C=O) groups excluding carboxylic acids is 2. The molecule has 0 N–H and O–H groups in total. The van der Waals surface area contributed by atoms with Crippen LogP contribution in [0.5, 0.6) is 11.5 Å². The molecule has 0 aliphatic carbocycles. The van der Waals surface area contributed by atoms with Crippen molar-refractivity contribution in [2.45, 2.75) is 20.3 Å². The summed E-state index contributed by atoms with van der Waals surface area (Å²) in [6.45, 7) is 3.00. The molecule has 130 valence electrons. The van der Waals surface area contributed by atoms with Crippen molar-refractivity contribution in [3.63, 3.8) is 0 Å². The van der Waals surface area contributed by atoms with Crippen LogP contribution in [0.1, 0.15) is 28.4 Å². The molecule has 0 bridgehead atoms. The van der Waals surface area contributed by atoms with Crippen molar-refractivity contribution in [3.05, 3.63) is 63.2 Å². The SMILES string of the molecule is COc1ccc(C(C)=O)cc1CC(=O)Oc1ccc([N+](=O)[O-])c(C)c1. The van der Waals surface area contributed by atoms with E-state index < -0.39 is 10.9 Å². The molecule has 0 aromatic heterocycles. The first kappa shape index (κ1) is 18.1. The first-order valence-corrected chi connectivity index (χ1v) is 7.45. The number of esters is 1. The molecular formula is C18H17NO6. The Labute approximate surface area is 144 Å². The molecule has 0 spiro atoms. The molecule has 7 nitrogen and oxygen atoms in total. The first-order chi connectivity index (χ1) is 11.8. The lowest BCUT2D eigenvalue weighted by molar-refractivity contribution is -0.385. The number of nitrogens with zero attached hydrogens (tertiary/aromatic N) is 1. The topological polar surface area (TPSA) is 95.7 Å². The Morgan fingerprint density at radius 1 is 1.16 bits per heavy atom. The van der Waals surface area contributed by atoms with Gasteiger partial charge in [-0.05, 0) is 44.2 Å². The van der Waals surface area contributed by atoms with E-state index in [1.165, 1.54) is 32.2 Å². The Hall–Kier alpha value is -3.22. The fourth-order valence-electron chi connectivity index (χ4n) is 2.36. The highest BCUT2D eigenvalue weighted by Crippen LogP contribution is 2.25. The second-order valence-corrected chi connectivity index (χ2v) is 5.44. The maximum absolute atomic E-state index is 12.2. The second kappa shape index (κ2) is 7.57. The highest BCUT2D eigenvalue weighted by Gasteiger charge is 2.15. The lowest BCUT2D eigenvalue weighted by atomic mass is 10.0. The smallest absolute Gasteiger partial charge is 0.315 e. The summed E-state index contributed by atoms with van der Waals surface area (Å²) >= 11 is 0. The highest BCUT2D eigenvalue weighted by molar-refractivity contribution is 5.94. The Kier molecular flexibility index (Phi) is 5.49. The number of Topliss-reactive ketones (excluding diaryl/α,β-unsaturated/α-hetero) is 1. The summed E-state index contributed by atoms with van der Waals surface area (Å²) in [6.07, 6.45) is -0.0969. The van der Waals surface area contributed by atoms with E-state index in [1.54, 1.807) is 25.1 Å². The van der Waals surface area contributed by atoms with Gasteiger partial charge in [-0.1, -0.05) is 0 Å². The minimum atomic E-state index is -0.563. The van der Waals surface area contributed by atoms with Crippen LogP contribution in [0.2, 0.25) is 0 Å². The van der Waals surface area contributed by atoms with Crippen molar-refractivity contribution in [1.82, 2.24) is 0 Å². The van der Waals surface area contributed by atoms with Gasteiger partial charge in [0, 0.05) is 22.8 Å². The van der Waals surface area contributed by atoms with E-state index in [9.17, 15) is 19.7 Å². The number of hydrogen-bond acceptors (Lipinski definition) is 6. The van der Waals surface area contributed by atoms with Gasteiger partial charge in [-0.25, -0.2) is 0 Å². The van der Waals surface area contributed by atoms with Crippen LogP contribution in [0.4, 0.5) is 5.69 Å². The Bertz CT molecular complexity index is 843. The van der Waals surface area contributed by atoms with E-state index in [-0.39, 0.29) is 23.6 Å². The number of hydrogen-bond donors (Lipinski definition) is 0. The lowest BCUT2D eigenvalue weighted by Gasteiger charge is -2.10. The normalized spacial score (nSPS) is 10.2. The fraction of sp³-hybridized carbons (Fsp3) is 0.222. The number of ketones is 1. The minimum absolute atomic E-state index is 0.0457. The molecule has 25 heavy (non-hydrogen) atoms. The quantitative estimate of drug-likeness (QED) is 0.263. The number of ether oxygens (including phenoxy) is 2. The zero-order chi connectivity index (χ0) is 18.6. The van der Waals surface area contributed by atoms with E-state index >= 15 is 0 Å². The van der Waals surface area contributed by atoms with Gasteiger partial charge >= 0.3 is 5.97 Å². The third-order valence-electron chi connectivity index (χ3n) is 3.62. The van der Waals surface area contributed by atoms with Crippen LogP contribution in [-0.2, 0) is 11.2 Å². The number of rotatable bonds is 6. The maximum Gasteiger partial charge on any atom is 0.315 e. The molecule has 0 heterocycles. The van der Waals surface area contributed by atoms with Crippen LogP contribution in [0, 0.1) is 17.0 Å². The van der Waals surface area contributed by atoms with Crippen molar-refractivity contribution in [3.8, 4) is 11.5 Å². The van der Waals surface area contributed by atoms with Crippen LogP contribution in [0.25, 0.3) is 0 Å². The van der Waals surface area contributed by atoms with E-state index in [1.807, 2.05) is 0 Å². The molecule has 0 fully saturated rings. The van der Waals surface area contributed by atoms with Crippen molar-refractivity contribution >= 4 is 17.4 Å². The average molecular weight is 343 g/mol. The largest absolute Gasteiger partial charge is 0.496 e. The molecule has 2 aromatic rings. The number of nitro benzene ring substituents is 1. The predicted molar refractivity (Wildman–Crippen MR) is 90.2 cm³/mol. The maximum atomic E-state index is 12.2. The molecule has 2 aromatic carbocycles. The number of aryl methyl sites for hydroxylation is 1. The van der Waals surface area contributed by atoms with Crippen LogP contribution in [-0.4, -0.2) is 23.8 Å². The van der Waals surface area contributed by atoms with Gasteiger partial charge in [0.15, 0.2) is 5.78 Å². The molecule has 0 atom stereocenters. The van der Waals surface area contributed by atoms with Gasteiger partial charge in [-0.2, -0.15) is 0 Å². The zero-order valence-electron chi connectivity index (χ0n) is 14.1. The molecule has 2 rings (SSSR count). The highest BCUT2D eigenvalue weighted by atomic mass is 16.6. The zero-order valence-corrected chi connectivity index (χ0v) is 14.1.